The summed E-state index contributed by atoms with van der Waals surface area (Å²) in [5.41, 5.74) is 4.20. The van der Waals surface area contributed by atoms with Crippen molar-refractivity contribution in [2.24, 2.45) is 0 Å². The van der Waals surface area contributed by atoms with E-state index in [0.717, 1.165) is 24.1 Å². The first kappa shape index (κ1) is 20.5. The van der Waals surface area contributed by atoms with Crippen molar-refractivity contribution in [3.63, 3.8) is 0 Å². The first-order valence-corrected chi connectivity index (χ1v) is 9.47. The number of rotatable bonds is 8. The number of aryl methyl sites for hydroxylation is 2. The molecule has 5 nitrogen and oxygen atoms in total. The van der Waals surface area contributed by atoms with Crippen LogP contribution in [0.3, 0.4) is 0 Å². The van der Waals surface area contributed by atoms with E-state index in [9.17, 15) is 9.59 Å². The second kappa shape index (κ2) is 10.4. The molecule has 0 spiro atoms. The highest BCUT2D eigenvalue weighted by Crippen LogP contribution is 2.10. The standard InChI is InChI=1S/C22H29N3O2/c1-4-17-5-7-18(8-6-17)11-14-21(26)23-15-19-9-12-20(13-10-19)25-22(27)24-16(2)3/h5-10,12-13,16H,4,11,14-15H2,1-3H3,(H,23,26)(H2,24,25,27). The normalized spacial score (nSPS) is 10.5. The fourth-order valence-electron chi connectivity index (χ4n) is 2.62. The number of urea groups is 1. The highest BCUT2D eigenvalue weighted by Gasteiger charge is 2.05. The van der Waals surface area contributed by atoms with Gasteiger partial charge >= 0.3 is 6.03 Å². The maximum absolute atomic E-state index is 12.1. The molecule has 0 aromatic heterocycles. The van der Waals surface area contributed by atoms with Gasteiger partial charge in [-0.2, -0.15) is 0 Å². The van der Waals surface area contributed by atoms with Gasteiger partial charge < -0.3 is 16.0 Å². The number of hydrogen-bond acceptors (Lipinski definition) is 2. The van der Waals surface area contributed by atoms with E-state index in [4.69, 9.17) is 0 Å². The monoisotopic (exact) mass is 367 g/mol. The summed E-state index contributed by atoms with van der Waals surface area (Å²) >= 11 is 0. The van der Waals surface area contributed by atoms with E-state index in [1.54, 1.807) is 0 Å². The van der Waals surface area contributed by atoms with Gasteiger partial charge in [0.1, 0.15) is 0 Å². The van der Waals surface area contributed by atoms with Crippen molar-refractivity contribution >= 4 is 17.6 Å². The molecule has 0 fully saturated rings. The van der Waals surface area contributed by atoms with Crippen molar-refractivity contribution in [1.82, 2.24) is 10.6 Å². The fourth-order valence-corrected chi connectivity index (χ4v) is 2.62. The Morgan fingerprint density at radius 3 is 2.07 bits per heavy atom. The zero-order chi connectivity index (χ0) is 19.6. The lowest BCUT2D eigenvalue weighted by Crippen LogP contribution is -2.34. The molecule has 2 rings (SSSR count). The Labute approximate surface area is 161 Å². The molecule has 5 heteroatoms. The third-order valence-electron chi connectivity index (χ3n) is 4.19. The Morgan fingerprint density at radius 2 is 1.48 bits per heavy atom. The summed E-state index contributed by atoms with van der Waals surface area (Å²) in [6.07, 6.45) is 2.24. The zero-order valence-corrected chi connectivity index (χ0v) is 16.3. The molecule has 144 valence electrons. The van der Waals surface area contributed by atoms with Gasteiger partial charge in [-0.3, -0.25) is 4.79 Å². The van der Waals surface area contributed by atoms with Crippen LogP contribution < -0.4 is 16.0 Å². The maximum Gasteiger partial charge on any atom is 0.319 e. The summed E-state index contributed by atoms with van der Waals surface area (Å²) in [4.78, 5) is 23.7. The molecule has 3 N–H and O–H groups in total. The van der Waals surface area contributed by atoms with Gasteiger partial charge in [0.05, 0.1) is 0 Å². The van der Waals surface area contributed by atoms with Crippen LogP contribution in [0.15, 0.2) is 48.5 Å². The third kappa shape index (κ3) is 7.52. The SMILES string of the molecule is CCc1ccc(CCC(=O)NCc2ccc(NC(=O)NC(C)C)cc2)cc1. The smallest absolute Gasteiger partial charge is 0.319 e. The average molecular weight is 367 g/mol. The lowest BCUT2D eigenvalue weighted by atomic mass is 10.1. The molecule has 0 saturated heterocycles. The number of hydrogen-bond donors (Lipinski definition) is 3. The van der Waals surface area contributed by atoms with E-state index < -0.39 is 0 Å². The van der Waals surface area contributed by atoms with Gasteiger partial charge in [0, 0.05) is 24.7 Å². The molecule has 0 saturated carbocycles. The molecule has 0 unspecified atom stereocenters. The third-order valence-corrected chi connectivity index (χ3v) is 4.19. The van der Waals surface area contributed by atoms with Crippen molar-refractivity contribution in [3.05, 3.63) is 65.2 Å². The lowest BCUT2D eigenvalue weighted by molar-refractivity contribution is -0.121. The van der Waals surface area contributed by atoms with Gasteiger partial charge in [-0.05, 0) is 55.5 Å². The van der Waals surface area contributed by atoms with Crippen molar-refractivity contribution in [3.8, 4) is 0 Å². The van der Waals surface area contributed by atoms with Crippen LogP contribution in [0, 0.1) is 0 Å². The Hall–Kier alpha value is -2.82. The summed E-state index contributed by atoms with van der Waals surface area (Å²) in [6, 6.07) is 15.7. The number of nitrogens with one attached hydrogen (secondary N) is 3. The second-order valence-electron chi connectivity index (χ2n) is 6.90. The number of amides is 3. The summed E-state index contributed by atoms with van der Waals surface area (Å²) in [6.45, 7) is 6.43. The Bertz CT molecular complexity index is 737. The van der Waals surface area contributed by atoms with Crippen molar-refractivity contribution in [1.29, 1.82) is 0 Å². The van der Waals surface area contributed by atoms with Crippen molar-refractivity contribution in [2.45, 2.75) is 52.6 Å². The van der Waals surface area contributed by atoms with Crippen LogP contribution in [-0.4, -0.2) is 18.0 Å². The van der Waals surface area contributed by atoms with E-state index in [1.807, 2.05) is 38.1 Å². The van der Waals surface area contributed by atoms with Crippen molar-refractivity contribution in [2.75, 3.05) is 5.32 Å². The quantitative estimate of drug-likeness (QED) is 0.659. The van der Waals surface area contributed by atoms with E-state index in [-0.39, 0.29) is 18.0 Å². The fraction of sp³-hybridized carbons (Fsp3) is 0.364. The molecule has 0 atom stereocenters. The molecular weight excluding hydrogens is 338 g/mol. The highest BCUT2D eigenvalue weighted by molar-refractivity contribution is 5.89. The number of carbonyl (C=O) groups excluding carboxylic acids is 2. The van der Waals surface area contributed by atoms with Crippen molar-refractivity contribution < 1.29 is 9.59 Å². The van der Waals surface area contributed by atoms with Gasteiger partial charge in [-0.25, -0.2) is 4.79 Å². The molecule has 2 aromatic carbocycles. The van der Waals surface area contributed by atoms with Crippen LogP contribution in [0.2, 0.25) is 0 Å². The predicted octanol–water partition coefficient (Wildman–Crippen LogP) is 4.03. The topological polar surface area (TPSA) is 70.2 Å². The predicted molar refractivity (Wildman–Crippen MR) is 110 cm³/mol. The Balaban J connectivity index is 1.73. The summed E-state index contributed by atoms with van der Waals surface area (Å²) in [5, 5.41) is 8.49. The lowest BCUT2D eigenvalue weighted by Gasteiger charge is -2.11. The summed E-state index contributed by atoms with van der Waals surface area (Å²) < 4.78 is 0. The van der Waals surface area contributed by atoms with E-state index in [0.29, 0.717) is 13.0 Å². The molecule has 27 heavy (non-hydrogen) atoms. The molecule has 0 heterocycles. The maximum atomic E-state index is 12.1. The molecule has 0 radical (unpaired) electrons. The van der Waals surface area contributed by atoms with Crippen LogP contribution >= 0.6 is 0 Å². The Morgan fingerprint density at radius 1 is 0.889 bits per heavy atom. The molecule has 0 aliphatic carbocycles. The first-order chi connectivity index (χ1) is 13.0. The Kier molecular flexibility index (Phi) is 7.86. The van der Waals surface area contributed by atoms with Crippen LogP contribution in [0.1, 0.15) is 43.9 Å². The van der Waals surface area contributed by atoms with Gasteiger partial charge in [0.2, 0.25) is 5.91 Å². The van der Waals surface area contributed by atoms with Gasteiger partial charge in [-0.1, -0.05) is 43.3 Å². The van der Waals surface area contributed by atoms with Gasteiger partial charge in [0.15, 0.2) is 0 Å². The van der Waals surface area contributed by atoms with E-state index in [1.165, 1.54) is 11.1 Å². The molecule has 0 bridgehead atoms. The van der Waals surface area contributed by atoms with Gasteiger partial charge in [0.25, 0.3) is 0 Å². The number of benzene rings is 2. The largest absolute Gasteiger partial charge is 0.352 e. The molecule has 2 aromatic rings. The minimum absolute atomic E-state index is 0.0353. The summed E-state index contributed by atoms with van der Waals surface area (Å²) in [5.74, 6) is 0.0353. The number of anilines is 1. The second-order valence-corrected chi connectivity index (χ2v) is 6.90. The minimum Gasteiger partial charge on any atom is -0.352 e. The average Bonchev–Trinajstić information content (AvgIpc) is 2.65. The molecule has 3 amide bonds. The molecule has 0 aliphatic rings. The molecule has 0 aliphatic heterocycles. The zero-order valence-electron chi connectivity index (χ0n) is 16.3. The number of carbonyl (C=O) groups is 2. The van der Waals surface area contributed by atoms with E-state index in [2.05, 4.69) is 47.1 Å². The molecular formula is C22H29N3O2. The first-order valence-electron chi connectivity index (χ1n) is 9.47. The summed E-state index contributed by atoms with van der Waals surface area (Å²) in [7, 11) is 0. The van der Waals surface area contributed by atoms with E-state index >= 15 is 0 Å². The van der Waals surface area contributed by atoms with Crippen LogP contribution in [0.25, 0.3) is 0 Å². The van der Waals surface area contributed by atoms with Gasteiger partial charge in [-0.15, -0.1) is 0 Å². The van der Waals surface area contributed by atoms with Crippen LogP contribution in [-0.2, 0) is 24.2 Å². The van der Waals surface area contributed by atoms with Crippen LogP contribution in [0.5, 0.6) is 0 Å². The highest BCUT2D eigenvalue weighted by atomic mass is 16.2. The van der Waals surface area contributed by atoms with Crippen LogP contribution in [0.4, 0.5) is 10.5 Å². The minimum atomic E-state index is -0.224.